The van der Waals surface area contributed by atoms with E-state index >= 15 is 0 Å². The molecule has 110 valence electrons. The van der Waals surface area contributed by atoms with Crippen molar-refractivity contribution < 1.29 is 27.2 Å². The molecule has 1 aromatic heterocycles. The van der Waals surface area contributed by atoms with Crippen LogP contribution in [0.25, 0.3) is 0 Å². The Balaban J connectivity index is 2.05. The molecule has 0 aromatic carbocycles. The number of nitrogens with zero attached hydrogens (tertiary/aromatic N) is 2. The van der Waals surface area contributed by atoms with Crippen molar-refractivity contribution in [2.75, 3.05) is 6.54 Å². The van der Waals surface area contributed by atoms with Crippen LogP contribution in [0.15, 0.2) is 10.7 Å². The molecule has 1 atom stereocenters. The molecule has 0 bridgehead atoms. The van der Waals surface area contributed by atoms with Crippen molar-refractivity contribution >= 4 is 11.8 Å². The van der Waals surface area contributed by atoms with Gasteiger partial charge in [0.15, 0.2) is 5.69 Å². The lowest BCUT2D eigenvalue weighted by Crippen LogP contribution is -2.44. The number of hydrogen-bond acceptors (Lipinski definition) is 4. The monoisotopic (exact) mass is 291 g/mol. The Morgan fingerprint density at radius 3 is 2.75 bits per heavy atom. The van der Waals surface area contributed by atoms with Gasteiger partial charge < -0.3 is 15.1 Å². The number of halogens is 3. The molecule has 20 heavy (non-hydrogen) atoms. The SMILES string of the molecule is NC(=O)C1CCCN1C(=O)Cc1nc(C(F)(F)F)co1. The van der Waals surface area contributed by atoms with E-state index in [2.05, 4.69) is 9.40 Å². The van der Waals surface area contributed by atoms with Crippen LogP contribution in [0, 0.1) is 0 Å². The fourth-order valence-corrected chi connectivity index (χ4v) is 2.11. The van der Waals surface area contributed by atoms with Crippen molar-refractivity contribution in [3.05, 3.63) is 17.8 Å². The van der Waals surface area contributed by atoms with Gasteiger partial charge in [0.05, 0.1) is 0 Å². The van der Waals surface area contributed by atoms with Crippen molar-refractivity contribution in [3.8, 4) is 0 Å². The molecule has 2 amide bonds. The van der Waals surface area contributed by atoms with Crippen LogP contribution >= 0.6 is 0 Å². The molecule has 2 heterocycles. The van der Waals surface area contributed by atoms with Gasteiger partial charge in [0.2, 0.25) is 17.7 Å². The first-order valence-electron chi connectivity index (χ1n) is 5.89. The van der Waals surface area contributed by atoms with Crippen molar-refractivity contribution in [1.29, 1.82) is 0 Å². The predicted molar refractivity (Wildman–Crippen MR) is 59.1 cm³/mol. The lowest BCUT2D eigenvalue weighted by molar-refractivity contribution is -0.141. The number of oxazole rings is 1. The number of aromatic nitrogens is 1. The molecule has 0 aliphatic carbocycles. The number of primary amides is 1. The minimum atomic E-state index is -4.62. The Hall–Kier alpha value is -2.06. The number of carbonyl (C=O) groups excluding carboxylic acids is 2. The highest BCUT2D eigenvalue weighted by atomic mass is 19.4. The van der Waals surface area contributed by atoms with Gasteiger partial charge in [0, 0.05) is 6.54 Å². The smallest absolute Gasteiger partial charge is 0.436 e. The van der Waals surface area contributed by atoms with E-state index < -0.39 is 36.1 Å². The average molecular weight is 291 g/mol. The van der Waals surface area contributed by atoms with Crippen molar-refractivity contribution in [2.24, 2.45) is 5.73 Å². The number of nitrogens with two attached hydrogens (primary N) is 1. The minimum Gasteiger partial charge on any atom is -0.448 e. The van der Waals surface area contributed by atoms with Crippen LogP contribution in [0.2, 0.25) is 0 Å². The van der Waals surface area contributed by atoms with E-state index in [1.165, 1.54) is 4.90 Å². The zero-order valence-electron chi connectivity index (χ0n) is 10.3. The van der Waals surface area contributed by atoms with Gasteiger partial charge in [0.1, 0.15) is 18.7 Å². The molecule has 0 spiro atoms. The van der Waals surface area contributed by atoms with Gasteiger partial charge in [-0.05, 0) is 12.8 Å². The van der Waals surface area contributed by atoms with Crippen LogP contribution in [0.5, 0.6) is 0 Å². The summed E-state index contributed by atoms with van der Waals surface area (Å²) in [5, 5.41) is 0. The average Bonchev–Trinajstić information content (AvgIpc) is 2.95. The van der Waals surface area contributed by atoms with Crippen LogP contribution < -0.4 is 5.73 Å². The quantitative estimate of drug-likeness (QED) is 0.888. The zero-order valence-corrected chi connectivity index (χ0v) is 10.3. The highest BCUT2D eigenvalue weighted by Crippen LogP contribution is 2.28. The number of likely N-dealkylation sites (tertiary alicyclic amines) is 1. The first-order chi connectivity index (χ1) is 9.29. The number of rotatable bonds is 3. The fourth-order valence-electron chi connectivity index (χ4n) is 2.11. The molecular weight excluding hydrogens is 279 g/mol. The van der Waals surface area contributed by atoms with Crippen molar-refractivity contribution in [1.82, 2.24) is 9.88 Å². The second-order valence-electron chi connectivity index (χ2n) is 4.45. The Morgan fingerprint density at radius 2 is 2.20 bits per heavy atom. The minimum absolute atomic E-state index is 0.336. The summed E-state index contributed by atoms with van der Waals surface area (Å²) >= 11 is 0. The van der Waals surface area contributed by atoms with Gasteiger partial charge in [-0.15, -0.1) is 0 Å². The summed E-state index contributed by atoms with van der Waals surface area (Å²) in [7, 11) is 0. The maximum absolute atomic E-state index is 12.3. The second-order valence-corrected chi connectivity index (χ2v) is 4.45. The summed E-state index contributed by atoms with van der Waals surface area (Å²) in [6, 6.07) is -0.709. The summed E-state index contributed by atoms with van der Waals surface area (Å²) in [5.41, 5.74) is 3.97. The van der Waals surface area contributed by atoms with Crippen molar-refractivity contribution in [3.63, 3.8) is 0 Å². The Labute approximate surface area is 111 Å². The van der Waals surface area contributed by atoms with Crippen molar-refractivity contribution in [2.45, 2.75) is 31.5 Å². The first kappa shape index (κ1) is 14.4. The molecule has 1 aromatic rings. The highest BCUT2D eigenvalue weighted by Gasteiger charge is 2.36. The van der Waals surface area contributed by atoms with E-state index in [1.54, 1.807) is 0 Å². The number of alkyl halides is 3. The molecule has 1 aliphatic rings. The van der Waals surface area contributed by atoms with Crippen LogP contribution in [0.1, 0.15) is 24.4 Å². The molecule has 9 heteroatoms. The summed E-state index contributed by atoms with van der Waals surface area (Å²) in [5.74, 6) is -1.49. The molecule has 1 unspecified atom stereocenters. The molecule has 6 nitrogen and oxygen atoms in total. The molecule has 1 saturated heterocycles. The zero-order chi connectivity index (χ0) is 14.9. The van der Waals surface area contributed by atoms with Crippen LogP contribution in [-0.2, 0) is 22.2 Å². The number of amides is 2. The largest absolute Gasteiger partial charge is 0.448 e. The molecule has 2 rings (SSSR count). The third-order valence-electron chi connectivity index (χ3n) is 3.05. The van der Waals surface area contributed by atoms with E-state index in [1.807, 2.05) is 0 Å². The summed E-state index contributed by atoms with van der Waals surface area (Å²) in [6.07, 6.45) is -3.51. The van der Waals surface area contributed by atoms with E-state index in [4.69, 9.17) is 5.73 Å². The molecule has 0 radical (unpaired) electrons. The maximum atomic E-state index is 12.3. The summed E-state index contributed by atoms with van der Waals surface area (Å²) < 4.78 is 41.6. The molecule has 1 fully saturated rings. The summed E-state index contributed by atoms with van der Waals surface area (Å²) in [6.45, 7) is 0.347. The lowest BCUT2D eigenvalue weighted by atomic mass is 10.2. The number of carbonyl (C=O) groups is 2. The van der Waals surface area contributed by atoms with Gasteiger partial charge in [-0.25, -0.2) is 4.98 Å². The van der Waals surface area contributed by atoms with Gasteiger partial charge >= 0.3 is 6.18 Å². The molecule has 2 N–H and O–H groups in total. The standard InChI is InChI=1S/C11H12F3N3O3/c12-11(13,14)7-5-20-8(16-7)4-9(18)17-3-1-2-6(17)10(15)19/h5-6H,1-4H2,(H2,15,19). The van der Waals surface area contributed by atoms with Crippen LogP contribution in [0.4, 0.5) is 13.2 Å². The highest BCUT2D eigenvalue weighted by molar-refractivity contribution is 5.87. The van der Waals surface area contributed by atoms with Gasteiger partial charge in [-0.3, -0.25) is 9.59 Å². The third kappa shape index (κ3) is 2.91. The normalized spacial score (nSPS) is 19.4. The van der Waals surface area contributed by atoms with E-state index in [0.717, 1.165) is 0 Å². The van der Waals surface area contributed by atoms with E-state index in [9.17, 15) is 22.8 Å². The van der Waals surface area contributed by atoms with Gasteiger partial charge in [0.25, 0.3) is 0 Å². The maximum Gasteiger partial charge on any atom is 0.436 e. The summed E-state index contributed by atoms with van der Waals surface area (Å²) in [4.78, 5) is 27.5. The van der Waals surface area contributed by atoms with Crippen LogP contribution in [0.3, 0.4) is 0 Å². The Bertz CT molecular complexity index is 526. The first-order valence-corrected chi connectivity index (χ1v) is 5.89. The fraction of sp³-hybridized carbons (Fsp3) is 0.545. The lowest BCUT2D eigenvalue weighted by Gasteiger charge is -2.21. The van der Waals surface area contributed by atoms with Gasteiger partial charge in [-0.2, -0.15) is 13.2 Å². The third-order valence-corrected chi connectivity index (χ3v) is 3.05. The molecule has 1 aliphatic heterocycles. The van der Waals surface area contributed by atoms with Gasteiger partial charge in [-0.1, -0.05) is 0 Å². The van der Waals surface area contributed by atoms with Crippen LogP contribution in [-0.4, -0.2) is 34.3 Å². The Morgan fingerprint density at radius 1 is 1.50 bits per heavy atom. The number of hydrogen-bond donors (Lipinski definition) is 1. The second kappa shape index (κ2) is 5.14. The Kier molecular flexibility index (Phi) is 3.69. The predicted octanol–water partition coefficient (Wildman–Crippen LogP) is 0.712. The topological polar surface area (TPSA) is 89.4 Å². The van der Waals surface area contributed by atoms with E-state index in [-0.39, 0.29) is 5.89 Å². The van der Waals surface area contributed by atoms with E-state index in [0.29, 0.717) is 25.6 Å². The molecule has 0 saturated carbocycles. The molecular formula is C11H12F3N3O3.